The summed E-state index contributed by atoms with van der Waals surface area (Å²) in [7, 11) is 0. The Hall–Kier alpha value is -4.04. The van der Waals surface area contributed by atoms with E-state index in [9.17, 15) is 9.90 Å². The monoisotopic (exact) mass is 353 g/mol. The Morgan fingerprint density at radius 1 is 1.04 bits per heavy atom. The fourth-order valence-electron chi connectivity index (χ4n) is 3.00. The second kappa shape index (κ2) is 6.70. The molecule has 27 heavy (non-hydrogen) atoms. The number of H-pyrrole nitrogens is 1. The summed E-state index contributed by atoms with van der Waals surface area (Å²) < 4.78 is 0. The van der Waals surface area contributed by atoms with Gasteiger partial charge in [-0.15, -0.1) is 0 Å². The molecular formula is C22H15N3O2. The van der Waals surface area contributed by atoms with Crippen molar-refractivity contribution in [1.82, 2.24) is 9.97 Å². The number of aromatic amines is 1. The van der Waals surface area contributed by atoms with Crippen molar-refractivity contribution < 1.29 is 9.90 Å². The number of carboxylic acids is 1. The Morgan fingerprint density at radius 3 is 2.70 bits per heavy atom. The number of carboxylic acid groups (broad SMARTS) is 1. The molecule has 2 aromatic carbocycles. The largest absolute Gasteiger partial charge is 0.478 e. The molecule has 5 heteroatoms. The third-order valence-electron chi connectivity index (χ3n) is 4.23. The normalized spacial score (nSPS) is 10.4. The quantitative estimate of drug-likeness (QED) is 0.476. The summed E-state index contributed by atoms with van der Waals surface area (Å²) in [5.74, 6) is 5.41. The van der Waals surface area contributed by atoms with E-state index in [1.807, 2.05) is 30.5 Å². The van der Waals surface area contributed by atoms with Gasteiger partial charge < -0.3 is 15.8 Å². The molecule has 0 amide bonds. The first-order chi connectivity index (χ1) is 13.1. The number of hydrogen-bond acceptors (Lipinski definition) is 3. The number of aromatic nitrogens is 2. The third kappa shape index (κ3) is 3.24. The van der Waals surface area contributed by atoms with Crippen molar-refractivity contribution in [2.75, 3.05) is 5.73 Å². The fraction of sp³-hybridized carbons (Fsp3) is 0. The highest BCUT2D eigenvalue weighted by molar-refractivity contribution is 5.99. The number of nitrogens with one attached hydrogen (secondary N) is 1. The van der Waals surface area contributed by atoms with Crippen molar-refractivity contribution in [3.8, 4) is 23.0 Å². The molecule has 4 N–H and O–H groups in total. The molecule has 0 saturated heterocycles. The van der Waals surface area contributed by atoms with Crippen molar-refractivity contribution in [3.63, 3.8) is 0 Å². The molecule has 0 saturated carbocycles. The molecule has 0 aliphatic rings. The highest BCUT2D eigenvalue weighted by atomic mass is 16.4. The summed E-state index contributed by atoms with van der Waals surface area (Å²) in [6, 6.07) is 18.1. The maximum absolute atomic E-state index is 11.8. The number of nitrogens with two attached hydrogens (primary N) is 1. The SMILES string of the molecule is Nc1cccc(C#Cc2cccc(C(=O)O)c2-c2ccc3cc[nH]c3c2)n1. The van der Waals surface area contributed by atoms with Gasteiger partial charge in [-0.3, -0.25) is 0 Å². The lowest BCUT2D eigenvalue weighted by atomic mass is 9.94. The molecule has 0 aliphatic carbocycles. The van der Waals surface area contributed by atoms with E-state index in [4.69, 9.17) is 5.73 Å². The van der Waals surface area contributed by atoms with Gasteiger partial charge in [-0.25, -0.2) is 9.78 Å². The maximum atomic E-state index is 11.8. The van der Waals surface area contributed by atoms with Gasteiger partial charge in [0.15, 0.2) is 0 Å². The van der Waals surface area contributed by atoms with Crippen LogP contribution < -0.4 is 5.73 Å². The molecule has 130 valence electrons. The van der Waals surface area contributed by atoms with Crippen LogP contribution in [-0.4, -0.2) is 21.0 Å². The minimum atomic E-state index is -0.998. The van der Waals surface area contributed by atoms with E-state index >= 15 is 0 Å². The predicted molar refractivity (Wildman–Crippen MR) is 105 cm³/mol. The highest BCUT2D eigenvalue weighted by Crippen LogP contribution is 2.30. The average Bonchev–Trinajstić information content (AvgIpc) is 3.13. The summed E-state index contributed by atoms with van der Waals surface area (Å²) in [6.45, 7) is 0. The van der Waals surface area contributed by atoms with Gasteiger partial charge in [0.1, 0.15) is 11.5 Å². The molecule has 0 unspecified atom stereocenters. The van der Waals surface area contributed by atoms with Crippen LogP contribution in [0, 0.1) is 11.8 Å². The Morgan fingerprint density at radius 2 is 1.89 bits per heavy atom. The molecule has 0 bridgehead atoms. The zero-order chi connectivity index (χ0) is 18.8. The number of rotatable bonds is 2. The molecule has 0 aliphatic heterocycles. The van der Waals surface area contributed by atoms with E-state index in [2.05, 4.69) is 21.8 Å². The third-order valence-corrected chi connectivity index (χ3v) is 4.23. The number of aromatic carboxylic acids is 1. The Kier molecular flexibility index (Phi) is 4.07. The first-order valence-corrected chi connectivity index (χ1v) is 8.30. The number of pyridine rings is 1. The maximum Gasteiger partial charge on any atom is 0.336 e. The number of carbonyl (C=O) groups is 1. The van der Waals surface area contributed by atoms with Crippen molar-refractivity contribution in [2.24, 2.45) is 0 Å². The molecule has 4 aromatic rings. The van der Waals surface area contributed by atoms with Gasteiger partial charge in [0.2, 0.25) is 0 Å². The first kappa shape index (κ1) is 16.4. The van der Waals surface area contributed by atoms with Crippen LogP contribution in [-0.2, 0) is 0 Å². The molecule has 4 rings (SSSR count). The number of fused-ring (bicyclic) bond motifs is 1. The molecule has 0 spiro atoms. The van der Waals surface area contributed by atoms with Gasteiger partial charge in [-0.05, 0) is 53.3 Å². The van der Waals surface area contributed by atoms with Crippen LogP contribution >= 0.6 is 0 Å². The van der Waals surface area contributed by atoms with Crippen LogP contribution in [0.1, 0.15) is 21.6 Å². The molecular weight excluding hydrogens is 338 g/mol. The van der Waals surface area contributed by atoms with E-state index < -0.39 is 5.97 Å². The number of nitrogen functional groups attached to an aromatic ring is 1. The van der Waals surface area contributed by atoms with Crippen LogP contribution in [0.5, 0.6) is 0 Å². The highest BCUT2D eigenvalue weighted by Gasteiger charge is 2.15. The van der Waals surface area contributed by atoms with E-state index in [1.165, 1.54) is 0 Å². The zero-order valence-electron chi connectivity index (χ0n) is 14.2. The van der Waals surface area contributed by atoms with Gasteiger partial charge in [0, 0.05) is 22.8 Å². The Balaban J connectivity index is 1.90. The molecule has 0 atom stereocenters. The molecule has 0 radical (unpaired) electrons. The molecule has 2 aromatic heterocycles. The van der Waals surface area contributed by atoms with Crippen molar-refractivity contribution in [2.45, 2.75) is 0 Å². The first-order valence-electron chi connectivity index (χ1n) is 8.30. The predicted octanol–water partition coefficient (Wildman–Crippen LogP) is 3.91. The summed E-state index contributed by atoms with van der Waals surface area (Å²) in [6.07, 6.45) is 1.85. The topological polar surface area (TPSA) is 92.0 Å². The van der Waals surface area contributed by atoms with Crippen LogP contribution in [0.25, 0.3) is 22.0 Å². The van der Waals surface area contributed by atoms with Crippen LogP contribution in [0.3, 0.4) is 0 Å². The Bertz CT molecular complexity index is 1230. The van der Waals surface area contributed by atoms with Crippen molar-refractivity contribution in [3.05, 3.63) is 83.7 Å². The van der Waals surface area contributed by atoms with E-state index in [0.29, 0.717) is 22.6 Å². The minimum absolute atomic E-state index is 0.202. The number of anilines is 1. The van der Waals surface area contributed by atoms with Crippen LogP contribution in [0.15, 0.2) is 66.9 Å². The van der Waals surface area contributed by atoms with Gasteiger partial charge in [0.05, 0.1) is 5.56 Å². The number of nitrogens with zero attached hydrogens (tertiary/aromatic N) is 1. The minimum Gasteiger partial charge on any atom is -0.478 e. The molecule has 0 fully saturated rings. The van der Waals surface area contributed by atoms with E-state index in [0.717, 1.165) is 16.5 Å². The Labute approximate surface area is 155 Å². The number of benzene rings is 2. The van der Waals surface area contributed by atoms with Gasteiger partial charge in [0.25, 0.3) is 0 Å². The smallest absolute Gasteiger partial charge is 0.336 e. The summed E-state index contributed by atoms with van der Waals surface area (Å²) >= 11 is 0. The van der Waals surface area contributed by atoms with Crippen molar-refractivity contribution in [1.29, 1.82) is 0 Å². The van der Waals surface area contributed by atoms with Crippen LogP contribution in [0.4, 0.5) is 5.82 Å². The van der Waals surface area contributed by atoms with Gasteiger partial charge in [-0.1, -0.05) is 30.2 Å². The van der Waals surface area contributed by atoms with E-state index in [-0.39, 0.29) is 5.56 Å². The molecule has 2 heterocycles. The zero-order valence-corrected chi connectivity index (χ0v) is 14.2. The van der Waals surface area contributed by atoms with Gasteiger partial charge >= 0.3 is 5.97 Å². The second-order valence-electron chi connectivity index (χ2n) is 6.01. The number of hydrogen-bond donors (Lipinski definition) is 3. The molecule has 5 nitrogen and oxygen atoms in total. The summed E-state index contributed by atoms with van der Waals surface area (Å²) in [4.78, 5) is 19.1. The lowest BCUT2D eigenvalue weighted by molar-refractivity contribution is 0.0697. The van der Waals surface area contributed by atoms with Crippen molar-refractivity contribution >= 4 is 22.7 Å². The van der Waals surface area contributed by atoms with Crippen LogP contribution in [0.2, 0.25) is 0 Å². The summed E-state index contributed by atoms with van der Waals surface area (Å²) in [5, 5.41) is 10.7. The average molecular weight is 353 g/mol. The standard InChI is InChI=1S/C22H15N3O2/c23-20-6-2-4-17(25-20)10-9-15-3-1-5-18(22(26)27)21(15)16-8-7-14-11-12-24-19(14)13-16/h1-8,11-13,24H,(H2,23,25)(H,26,27). The van der Waals surface area contributed by atoms with E-state index in [1.54, 1.807) is 36.4 Å². The summed E-state index contributed by atoms with van der Waals surface area (Å²) in [5.41, 5.74) is 9.34. The second-order valence-corrected chi connectivity index (χ2v) is 6.01. The fourth-order valence-corrected chi connectivity index (χ4v) is 3.00. The lowest BCUT2D eigenvalue weighted by Gasteiger charge is -2.09. The lowest BCUT2D eigenvalue weighted by Crippen LogP contribution is -2.01. The van der Waals surface area contributed by atoms with Gasteiger partial charge in [-0.2, -0.15) is 0 Å².